The second-order valence-electron chi connectivity index (χ2n) is 10.4. The molecule has 0 radical (unpaired) electrons. The lowest BCUT2D eigenvalue weighted by Crippen LogP contribution is -2.52. The molecule has 3 aromatic carbocycles. The predicted octanol–water partition coefficient (Wildman–Crippen LogP) is 3.89. The van der Waals surface area contributed by atoms with Crippen LogP contribution in [0, 0.1) is 11.8 Å². The van der Waals surface area contributed by atoms with Gasteiger partial charge in [0.15, 0.2) is 0 Å². The molecule has 8 heteroatoms. The van der Waals surface area contributed by atoms with E-state index in [0.717, 1.165) is 17.2 Å². The lowest BCUT2D eigenvalue weighted by Gasteiger charge is -2.34. The van der Waals surface area contributed by atoms with E-state index in [1.54, 1.807) is 11.8 Å². The Hall–Kier alpha value is -3.36. The van der Waals surface area contributed by atoms with Gasteiger partial charge in [-0.15, -0.1) is 11.8 Å². The van der Waals surface area contributed by atoms with Gasteiger partial charge in [0, 0.05) is 22.7 Å². The molecule has 3 aromatic rings. The third-order valence-electron chi connectivity index (χ3n) is 8.21. The van der Waals surface area contributed by atoms with E-state index in [9.17, 15) is 19.5 Å². The molecule has 0 aromatic heterocycles. The van der Waals surface area contributed by atoms with Gasteiger partial charge in [0.05, 0.1) is 23.2 Å². The number of anilines is 2. The number of hydrogen-bond donors (Lipinski definition) is 3. The average Bonchev–Trinajstić information content (AvgIpc) is 3.45. The zero-order valence-electron chi connectivity index (χ0n) is 20.5. The van der Waals surface area contributed by atoms with E-state index in [1.807, 2.05) is 79.7 Å². The van der Waals surface area contributed by atoms with Crippen LogP contribution in [0.25, 0.3) is 10.8 Å². The van der Waals surface area contributed by atoms with Gasteiger partial charge >= 0.3 is 0 Å². The number of benzene rings is 3. The van der Waals surface area contributed by atoms with Crippen molar-refractivity contribution in [1.82, 2.24) is 4.90 Å². The van der Waals surface area contributed by atoms with Crippen molar-refractivity contribution >= 4 is 51.6 Å². The number of carbonyl (C=O) groups excluding carboxylic acids is 3. The van der Waals surface area contributed by atoms with Crippen molar-refractivity contribution in [2.24, 2.45) is 11.8 Å². The molecule has 3 heterocycles. The first-order chi connectivity index (χ1) is 17.9. The van der Waals surface area contributed by atoms with Crippen LogP contribution in [0.15, 0.2) is 72.8 Å². The largest absolute Gasteiger partial charge is 0.395 e. The fourth-order valence-electron chi connectivity index (χ4n) is 6.69. The zero-order valence-corrected chi connectivity index (χ0v) is 21.3. The molecule has 3 fully saturated rings. The van der Waals surface area contributed by atoms with Crippen molar-refractivity contribution < 1.29 is 19.5 Å². The maximum Gasteiger partial charge on any atom is 0.248 e. The van der Waals surface area contributed by atoms with E-state index in [0.29, 0.717) is 17.8 Å². The first kappa shape index (κ1) is 24.0. The van der Waals surface area contributed by atoms with E-state index in [-0.39, 0.29) is 30.9 Å². The molecule has 1 spiro atoms. The summed E-state index contributed by atoms with van der Waals surface area (Å²) < 4.78 is -1.17. The van der Waals surface area contributed by atoms with Gasteiger partial charge in [-0.1, -0.05) is 48.5 Å². The molecule has 3 N–H and O–H groups in total. The molecule has 3 aliphatic rings. The Morgan fingerprint density at radius 2 is 1.65 bits per heavy atom. The minimum atomic E-state index is -0.773. The van der Waals surface area contributed by atoms with Crippen LogP contribution in [-0.4, -0.2) is 56.4 Å². The summed E-state index contributed by atoms with van der Waals surface area (Å²) in [7, 11) is 0. The molecule has 6 rings (SSSR count). The smallest absolute Gasteiger partial charge is 0.248 e. The number of amides is 3. The van der Waals surface area contributed by atoms with Crippen molar-refractivity contribution in [2.45, 2.75) is 35.3 Å². The summed E-state index contributed by atoms with van der Waals surface area (Å²) in [6.07, 6.45) is 1.40. The fourth-order valence-corrected chi connectivity index (χ4v) is 9.05. The maximum absolute atomic E-state index is 13.9. The molecule has 190 valence electrons. The second-order valence-corrected chi connectivity index (χ2v) is 12.3. The molecule has 37 heavy (non-hydrogen) atoms. The highest BCUT2D eigenvalue weighted by Gasteiger charge is 2.77. The first-order valence-electron chi connectivity index (χ1n) is 12.6. The van der Waals surface area contributed by atoms with Gasteiger partial charge in [0.1, 0.15) is 6.04 Å². The normalized spacial score (nSPS) is 29.9. The molecule has 3 amide bonds. The Morgan fingerprint density at radius 3 is 2.41 bits per heavy atom. The van der Waals surface area contributed by atoms with E-state index in [4.69, 9.17) is 0 Å². The number of nitrogens with one attached hydrogen (secondary N) is 2. The third-order valence-corrected chi connectivity index (χ3v) is 10.2. The van der Waals surface area contributed by atoms with Crippen molar-refractivity contribution in [3.05, 3.63) is 72.8 Å². The van der Waals surface area contributed by atoms with Crippen LogP contribution in [0.4, 0.5) is 11.4 Å². The van der Waals surface area contributed by atoms with E-state index in [2.05, 4.69) is 10.6 Å². The highest BCUT2D eigenvalue weighted by atomic mass is 32.2. The van der Waals surface area contributed by atoms with Crippen LogP contribution in [0.2, 0.25) is 0 Å². The SMILES string of the molecule is C[C@@]12CCC3(S1)C(C(=O)Nc1ccc4ccccc4c1)N(CCO)C(=O)[C@@H]3[C@@H]2C(=O)Nc1ccccc1. The Balaban J connectivity index is 1.33. The van der Waals surface area contributed by atoms with Crippen molar-refractivity contribution in [2.75, 3.05) is 23.8 Å². The number of likely N-dealkylation sites (tertiary alicyclic amines) is 1. The predicted molar refractivity (Wildman–Crippen MR) is 145 cm³/mol. The molecule has 5 atom stereocenters. The van der Waals surface area contributed by atoms with Crippen molar-refractivity contribution in [3.8, 4) is 0 Å². The molecule has 2 bridgehead atoms. The van der Waals surface area contributed by atoms with Crippen LogP contribution in [0.3, 0.4) is 0 Å². The highest BCUT2D eigenvalue weighted by Crippen LogP contribution is 2.71. The number of aliphatic hydroxyl groups is 1. The summed E-state index contributed by atoms with van der Waals surface area (Å²) in [5, 5.41) is 17.9. The summed E-state index contributed by atoms with van der Waals surface area (Å²) >= 11 is 1.62. The number of aliphatic hydroxyl groups excluding tert-OH is 1. The number of nitrogens with zero attached hydrogens (tertiary/aromatic N) is 1. The topological polar surface area (TPSA) is 98.7 Å². The average molecular weight is 516 g/mol. The van der Waals surface area contributed by atoms with Gasteiger partial charge in [0.25, 0.3) is 0 Å². The summed E-state index contributed by atoms with van der Waals surface area (Å²) in [5.74, 6) is -1.89. The van der Waals surface area contributed by atoms with Gasteiger partial charge in [-0.2, -0.15) is 0 Å². The highest BCUT2D eigenvalue weighted by molar-refractivity contribution is 8.02. The number of rotatable bonds is 6. The third kappa shape index (κ3) is 3.73. The molecule has 3 aliphatic heterocycles. The van der Waals surface area contributed by atoms with E-state index in [1.165, 1.54) is 4.90 Å². The Labute approximate surface area is 219 Å². The molecule has 2 unspecified atom stereocenters. The van der Waals surface area contributed by atoms with Gasteiger partial charge < -0.3 is 20.6 Å². The number of carbonyl (C=O) groups is 3. The Bertz CT molecular complexity index is 1400. The first-order valence-corrected chi connectivity index (χ1v) is 13.4. The van der Waals surface area contributed by atoms with Crippen LogP contribution in [0.5, 0.6) is 0 Å². The van der Waals surface area contributed by atoms with E-state index >= 15 is 0 Å². The van der Waals surface area contributed by atoms with Crippen molar-refractivity contribution in [3.63, 3.8) is 0 Å². The number of para-hydroxylation sites is 1. The van der Waals surface area contributed by atoms with Crippen LogP contribution in [-0.2, 0) is 14.4 Å². The van der Waals surface area contributed by atoms with Gasteiger partial charge in [-0.3, -0.25) is 14.4 Å². The second kappa shape index (κ2) is 8.89. The number of thioether (sulfide) groups is 1. The van der Waals surface area contributed by atoms with E-state index < -0.39 is 27.4 Å². The van der Waals surface area contributed by atoms with Crippen LogP contribution in [0.1, 0.15) is 19.8 Å². The van der Waals surface area contributed by atoms with Crippen LogP contribution < -0.4 is 10.6 Å². The minimum absolute atomic E-state index is 0.0528. The molecular formula is C29H29N3O4S. The van der Waals surface area contributed by atoms with Gasteiger partial charge in [0.2, 0.25) is 17.7 Å². The minimum Gasteiger partial charge on any atom is -0.395 e. The summed E-state index contributed by atoms with van der Waals surface area (Å²) in [6, 6.07) is 22.1. The monoisotopic (exact) mass is 515 g/mol. The standard InChI is InChI=1S/C29H29N3O4S/c1-28-13-14-29(37-28)23(22(28)25(34)30-20-9-3-2-4-10-20)27(36)32(15-16-33)24(29)26(35)31-21-12-11-18-7-5-6-8-19(18)17-21/h2-12,17,22-24,33H,13-16H2,1H3,(H,30,34)(H,31,35)/t22-,23+,24?,28+,29?/m1/s1. The zero-order chi connectivity index (χ0) is 25.8. The lowest BCUT2D eigenvalue weighted by atomic mass is 9.66. The molecule has 3 saturated heterocycles. The number of hydrogen-bond acceptors (Lipinski definition) is 5. The molecule has 0 saturated carbocycles. The summed E-state index contributed by atoms with van der Waals surface area (Å²) in [4.78, 5) is 42.8. The molecule has 7 nitrogen and oxygen atoms in total. The van der Waals surface area contributed by atoms with Gasteiger partial charge in [-0.05, 0) is 54.8 Å². The Morgan fingerprint density at radius 1 is 0.946 bits per heavy atom. The Kier molecular flexibility index (Phi) is 5.76. The molecular weight excluding hydrogens is 486 g/mol. The number of β-amino-alcohol motifs (C(OH)–C–C–N with tert-alkyl or cyclic N) is 1. The maximum atomic E-state index is 13.9. The number of fused-ring (bicyclic) bond motifs is 2. The fraction of sp³-hybridized carbons (Fsp3) is 0.345. The lowest BCUT2D eigenvalue weighted by molar-refractivity contribution is -0.139. The quantitative estimate of drug-likeness (QED) is 0.463. The molecule has 0 aliphatic carbocycles. The van der Waals surface area contributed by atoms with Crippen molar-refractivity contribution in [1.29, 1.82) is 0 Å². The van der Waals surface area contributed by atoms with Gasteiger partial charge in [-0.25, -0.2) is 0 Å². The summed E-state index contributed by atoms with van der Waals surface area (Å²) in [5.41, 5.74) is 1.34. The summed E-state index contributed by atoms with van der Waals surface area (Å²) in [6.45, 7) is 1.84. The van der Waals surface area contributed by atoms with Crippen LogP contribution >= 0.6 is 11.8 Å².